The van der Waals surface area contributed by atoms with Gasteiger partial charge in [0.05, 0.1) is 11.0 Å². The van der Waals surface area contributed by atoms with Gasteiger partial charge >= 0.3 is 0 Å². The summed E-state index contributed by atoms with van der Waals surface area (Å²) in [5.41, 5.74) is 0.733. The topological polar surface area (TPSA) is 96.0 Å². The minimum atomic E-state index is -0.535. The summed E-state index contributed by atoms with van der Waals surface area (Å²) in [7, 11) is 0. The quantitative estimate of drug-likeness (QED) is 0.660. The molecule has 6 nitrogen and oxygen atoms in total. The Bertz CT molecular complexity index is 573. The van der Waals surface area contributed by atoms with Gasteiger partial charge in [-0.3, -0.25) is 14.9 Å². The molecule has 1 saturated carbocycles. The van der Waals surface area contributed by atoms with E-state index in [1.165, 1.54) is 12.1 Å². The van der Waals surface area contributed by atoms with E-state index in [0.717, 1.165) is 12.8 Å². The first-order chi connectivity index (χ1) is 9.01. The normalized spacial score (nSPS) is 15.4. The SMILES string of the molecule is Cc1cc(C(=O)NC(C#N)C2CC2)cc([N+](=O)[O-])c1. The number of rotatable bonds is 4. The van der Waals surface area contributed by atoms with Crippen molar-refractivity contribution < 1.29 is 9.72 Å². The summed E-state index contributed by atoms with van der Waals surface area (Å²) in [6.07, 6.45) is 1.87. The van der Waals surface area contributed by atoms with Crippen LogP contribution in [0.1, 0.15) is 28.8 Å². The number of hydrogen-bond donors (Lipinski definition) is 1. The van der Waals surface area contributed by atoms with Crippen molar-refractivity contribution in [2.45, 2.75) is 25.8 Å². The molecule has 0 heterocycles. The highest BCUT2D eigenvalue weighted by molar-refractivity contribution is 5.95. The van der Waals surface area contributed by atoms with Gasteiger partial charge in [0.15, 0.2) is 0 Å². The van der Waals surface area contributed by atoms with Crippen molar-refractivity contribution in [2.24, 2.45) is 5.92 Å². The molecule has 1 unspecified atom stereocenters. The lowest BCUT2D eigenvalue weighted by Gasteiger charge is -2.10. The molecule has 1 fully saturated rings. The summed E-state index contributed by atoms with van der Waals surface area (Å²) in [5.74, 6) is -0.223. The molecule has 0 aliphatic heterocycles. The number of non-ortho nitro benzene ring substituents is 1. The van der Waals surface area contributed by atoms with Gasteiger partial charge < -0.3 is 5.32 Å². The van der Waals surface area contributed by atoms with Gasteiger partial charge in [-0.2, -0.15) is 5.26 Å². The molecule has 1 atom stereocenters. The fourth-order valence-corrected chi connectivity index (χ4v) is 1.91. The number of amides is 1. The number of nitro benzene ring substituents is 1. The van der Waals surface area contributed by atoms with E-state index in [1.807, 2.05) is 0 Å². The third-order valence-electron chi connectivity index (χ3n) is 3.05. The van der Waals surface area contributed by atoms with E-state index in [2.05, 4.69) is 11.4 Å². The average Bonchev–Trinajstić information content (AvgIpc) is 3.19. The monoisotopic (exact) mass is 259 g/mol. The lowest BCUT2D eigenvalue weighted by atomic mass is 10.1. The Kier molecular flexibility index (Phi) is 3.47. The number of nitro groups is 1. The molecule has 0 radical (unpaired) electrons. The van der Waals surface area contributed by atoms with E-state index in [-0.39, 0.29) is 17.2 Å². The van der Waals surface area contributed by atoms with Crippen molar-refractivity contribution in [1.82, 2.24) is 5.32 Å². The van der Waals surface area contributed by atoms with Gasteiger partial charge in [-0.25, -0.2) is 0 Å². The van der Waals surface area contributed by atoms with Crippen molar-refractivity contribution in [3.05, 3.63) is 39.4 Å². The zero-order valence-electron chi connectivity index (χ0n) is 10.4. The second-order valence-corrected chi connectivity index (χ2v) is 4.73. The summed E-state index contributed by atoms with van der Waals surface area (Å²) >= 11 is 0. The molecule has 0 saturated heterocycles. The summed E-state index contributed by atoms with van der Waals surface area (Å²) < 4.78 is 0. The van der Waals surface area contributed by atoms with Crippen LogP contribution in [0.25, 0.3) is 0 Å². The van der Waals surface area contributed by atoms with Crippen LogP contribution >= 0.6 is 0 Å². The van der Waals surface area contributed by atoms with Crippen LogP contribution in [0.15, 0.2) is 18.2 Å². The van der Waals surface area contributed by atoms with Gasteiger partial charge in [-0.15, -0.1) is 0 Å². The highest BCUT2D eigenvalue weighted by Crippen LogP contribution is 2.32. The van der Waals surface area contributed by atoms with Gasteiger partial charge in [0.1, 0.15) is 6.04 Å². The molecule has 1 aromatic rings. The third-order valence-corrected chi connectivity index (χ3v) is 3.05. The predicted octanol–water partition coefficient (Wildman–Crippen LogP) is 1.94. The smallest absolute Gasteiger partial charge is 0.270 e. The van der Waals surface area contributed by atoms with Crippen LogP contribution in [-0.4, -0.2) is 16.9 Å². The molecule has 6 heteroatoms. The second kappa shape index (κ2) is 5.06. The van der Waals surface area contributed by atoms with Crippen molar-refractivity contribution in [3.63, 3.8) is 0 Å². The Morgan fingerprint density at radius 3 is 2.74 bits per heavy atom. The Morgan fingerprint density at radius 2 is 2.21 bits per heavy atom. The number of nitrogens with one attached hydrogen (secondary N) is 1. The molecule has 1 aromatic carbocycles. The maximum atomic E-state index is 12.0. The van der Waals surface area contributed by atoms with Gasteiger partial charge in [0.2, 0.25) is 0 Å². The number of benzene rings is 1. The molecule has 0 bridgehead atoms. The average molecular weight is 259 g/mol. The number of nitriles is 1. The molecule has 19 heavy (non-hydrogen) atoms. The first-order valence-electron chi connectivity index (χ1n) is 5.98. The van der Waals surface area contributed by atoms with Crippen LogP contribution in [0.5, 0.6) is 0 Å². The summed E-state index contributed by atoms with van der Waals surface area (Å²) in [6.45, 7) is 1.69. The maximum absolute atomic E-state index is 12.0. The standard InChI is InChI=1S/C13H13N3O3/c1-8-4-10(6-11(5-8)16(18)19)13(17)15-12(7-14)9-2-3-9/h4-6,9,12H,2-3H2,1H3,(H,15,17). The molecule has 0 spiro atoms. The minimum Gasteiger partial charge on any atom is -0.336 e. The fourth-order valence-electron chi connectivity index (χ4n) is 1.91. The van der Waals surface area contributed by atoms with E-state index in [0.29, 0.717) is 5.56 Å². The van der Waals surface area contributed by atoms with Crippen LogP contribution in [0.3, 0.4) is 0 Å². The molecular weight excluding hydrogens is 246 g/mol. The van der Waals surface area contributed by atoms with E-state index in [9.17, 15) is 14.9 Å². The fraction of sp³-hybridized carbons (Fsp3) is 0.385. The van der Waals surface area contributed by atoms with Gasteiger partial charge in [0.25, 0.3) is 11.6 Å². The molecule has 1 aliphatic rings. The summed E-state index contributed by atoms with van der Waals surface area (Å²) in [4.78, 5) is 22.2. The van der Waals surface area contributed by atoms with Crippen LogP contribution < -0.4 is 5.32 Å². The maximum Gasteiger partial charge on any atom is 0.270 e. The number of carbonyl (C=O) groups excluding carboxylic acids is 1. The van der Waals surface area contributed by atoms with E-state index in [4.69, 9.17) is 5.26 Å². The van der Waals surface area contributed by atoms with Gasteiger partial charge in [0, 0.05) is 17.7 Å². The molecule has 1 amide bonds. The van der Waals surface area contributed by atoms with Crippen molar-refractivity contribution in [3.8, 4) is 6.07 Å². The summed E-state index contributed by atoms with van der Waals surface area (Å²) in [6, 6.07) is 5.74. The molecule has 1 aliphatic carbocycles. The van der Waals surface area contributed by atoms with E-state index in [1.54, 1.807) is 13.0 Å². The number of carbonyl (C=O) groups is 1. The van der Waals surface area contributed by atoms with Crippen molar-refractivity contribution >= 4 is 11.6 Å². The molecule has 1 N–H and O–H groups in total. The summed E-state index contributed by atoms with van der Waals surface area (Å²) in [5, 5.41) is 22.3. The van der Waals surface area contributed by atoms with Crippen LogP contribution in [0.4, 0.5) is 5.69 Å². The van der Waals surface area contributed by atoms with Crippen molar-refractivity contribution in [2.75, 3.05) is 0 Å². The first kappa shape index (κ1) is 13.0. The Balaban J connectivity index is 2.18. The Labute approximate surface area is 110 Å². The highest BCUT2D eigenvalue weighted by atomic mass is 16.6. The van der Waals surface area contributed by atoms with Crippen LogP contribution in [-0.2, 0) is 0 Å². The zero-order valence-corrected chi connectivity index (χ0v) is 10.4. The molecular formula is C13H13N3O3. The van der Waals surface area contributed by atoms with E-state index >= 15 is 0 Å². The molecule has 98 valence electrons. The molecule has 0 aromatic heterocycles. The lowest BCUT2D eigenvalue weighted by molar-refractivity contribution is -0.384. The Hall–Kier alpha value is -2.42. The number of hydrogen-bond acceptors (Lipinski definition) is 4. The Morgan fingerprint density at radius 1 is 1.53 bits per heavy atom. The largest absolute Gasteiger partial charge is 0.336 e. The van der Waals surface area contributed by atoms with Gasteiger partial charge in [-0.05, 0) is 37.3 Å². The predicted molar refractivity (Wildman–Crippen MR) is 67.4 cm³/mol. The highest BCUT2D eigenvalue weighted by Gasteiger charge is 2.32. The van der Waals surface area contributed by atoms with Crippen LogP contribution in [0.2, 0.25) is 0 Å². The van der Waals surface area contributed by atoms with E-state index < -0.39 is 16.9 Å². The first-order valence-corrected chi connectivity index (χ1v) is 5.98. The molecule has 2 rings (SSSR count). The minimum absolute atomic E-state index is 0.120. The number of aryl methyl sites for hydroxylation is 1. The van der Waals surface area contributed by atoms with Crippen LogP contribution in [0, 0.1) is 34.3 Å². The van der Waals surface area contributed by atoms with Crippen molar-refractivity contribution in [1.29, 1.82) is 5.26 Å². The zero-order chi connectivity index (χ0) is 14.0. The second-order valence-electron chi connectivity index (χ2n) is 4.73. The third kappa shape index (κ3) is 3.07. The lowest BCUT2D eigenvalue weighted by Crippen LogP contribution is -2.35. The number of nitrogens with zero attached hydrogens (tertiary/aromatic N) is 2. The van der Waals surface area contributed by atoms with Gasteiger partial charge in [-0.1, -0.05) is 0 Å².